The molecule has 132 valence electrons. The minimum atomic E-state index is -0.525. The average Bonchev–Trinajstić information content (AvgIpc) is 2.63. The summed E-state index contributed by atoms with van der Waals surface area (Å²) in [5, 5.41) is 13.5. The summed E-state index contributed by atoms with van der Waals surface area (Å²) in [6.07, 6.45) is 0.601. The molecule has 0 radical (unpaired) electrons. The molecule has 0 bridgehead atoms. The second-order valence-electron chi connectivity index (χ2n) is 5.23. The van der Waals surface area contributed by atoms with Gasteiger partial charge < -0.3 is 14.8 Å². The van der Waals surface area contributed by atoms with Crippen molar-refractivity contribution in [2.75, 3.05) is 20.3 Å². The zero-order valence-electron chi connectivity index (χ0n) is 14.2. The van der Waals surface area contributed by atoms with Gasteiger partial charge in [-0.1, -0.05) is 12.1 Å². The van der Waals surface area contributed by atoms with Crippen molar-refractivity contribution in [3.8, 4) is 11.5 Å². The maximum absolute atomic E-state index is 12.1. The highest BCUT2D eigenvalue weighted by atomic mass is 16.6. The number of ether oxygens (including phenoxy) is 2. The van der Waals surface area contributed by atoms with Crippen LogP contribution < -0.4 is 14.8 Å². The number of nitrogens with one attached hydrogen (secondary N) is 1. The highest BCUT2D eigenvalue weighted by molar-refractivity contribution is 5.94. The zero-order valence-corrected chi connectivity index (χ0v) is 14.2. The molecule has 1 N–H and O–H groups in total. The number of amides is 1. The molecule has 0 saturated carbocycles. The molecule has 2 rings (SSSR count). The molecule has 0 aliphatic heterocycles. The summed E-state index contributed by atoms with van der Waals surface area (Å²) < 4.78 is 10.8. The van der Waals surface area contributed by atoms with E-state index in [9.17, 15) is 14.9 Å². The maximum atomic E-state index is 12.1. The molecule has 1 amide bonds. The predicted octanol–water partition coefficient (Wildman–Crippen LogP) is 2.97. The van der Waals surface area contributed by atoms with Gasteiger partial charge in [-0.15, -0.1) is 0 Å². The summed E-state index contributed by atoms with van der Waals surface area (Å²) in [6, 6.07) is 11.3. The van der Waals surface area contributed by atoms with E-state index in [1.165, 1.54) is 18.2 Å². The second kappa shape index (κ2) is 8.68. The van der Waals surface area contributed by atoms with Gasteiger partial charge in [0.25, 0.3) is 11.6 Å². The smallest absolute Gasteiger partial charge is 0.270 e. The van der Waals surface area contributed by atoms with E-state index in [0.717, 1.165) is 5.56 Å². The molecular weight excluding hydrogens is 324 g/mol. The highest BCUT2D eigenvalue weighted by Gasteiger charge is 2.11. The first kappa shape index (κ1) is 18.3. The van der Waals surface area contributed by atoms with E-state index in [2.05, 4.69) is 5.32 Å². The summed E-state index contributed by atoms with van der Waals surface area (Å²) in [4.78, 5) is 22.3. The van der Waals surface area contributed by atoms with Gasteiger partial charge in [-0.3, -0.25) is 14.9 Å². The van der Waals surface area contributed by atoms with Crippen LogP contribution in [0.3, 0.4) is 0 Å². The summed E-state index contributed by atoms with van der Waals surface area (Å²) >= 11 is 0. The molecule has 0 fully saturated rings. The van der Waals surface area contributed by atoms with Crippen molar-refractivity contribution in [3.05, 3.63) is 63.7 Å². The van der Waals surface area contributed by atoms with Crippen molar-refractivity contribution in [3.63, 3.8) is 0 Å². The molecule has 25 heavy (non-hydrogen) atoms. The van der Waals surface area contributed by atoms with Crippen LogP contribution in [-0.4, -0.2) is 31.1 Å². The summed E-state index contributed by atoms with van der Waals surface area (Å²) in [5.74, 6) is 0.973. The van der Waals surface area contributed by atoms with Crippen molar-refractivity contribution in [2.45, 2.75) is 13.3 Å². The van der Waals surface area contributed by atoms with Crippen molar-refractivity contribution in [2.24, 2.45) is 0 Å². The number of hydrogen-bond acceptors (Lipinski definition) is 5. The van der Waals surface area contributed by atoms with Gasteiger partial charge in [-0.2, -0.15) is 0 Å². The Morgan fingerprint density at radius 2 is 2.00 bits per heavy atom. The number of rotatable bonds is 8. The molecule has 0 spiro atoms. The van der Waals surface area contributed by atoms with Gasteiger partial charge in [-0.25, -0.2) is 0 Å². The Labute approximate surface area is 145 Å². The lowest BCUT2D eigenvalue weighted by atomic mass is 10.1. The van der Waals surface area contributed by atoms with Gasteiger partial charge in [0.15, 0.2) is 11.5 Å². The third-order valence-electron chi connectivity index (χ3n) is 3.55. The largest absolute Gasteiger partial charge is 0.493 e. The van der Waals surface area contributed by atoms with Gasteiger partial charge in [0.1, 0.15) is 0 Å². The molecule has 0 aliphatic rings. The lowest BCUT2D eigenvalue weighted by Crippen LogP contribution is -2.25. The fourth-order valence-corrected chi connectivity index (χ4v) is 2.33. The number of carbonyl (C=O) groups excluding carboxylic acids is 1. The maximum Gasteiger partial charge on any atom is 0.270 e. The van der Waals surface area contributed by atoms with Gasteiger partial charge in [0.2, 0.25) is 0 Å². The number of nitro groups is 1. The monoisotopic (exact) mass is 344 g/mol. The molecule has 0 unspecified atom stereocenters. The zero-order chi connectivity index (χ0) is 18.2. The van der Waals surface area contributed by atoms with Crippen LogP contribution in [0.15, 0.2) is 42.5 Å². The van der Waals surface area contributed by atoms with E-state index in [4.69, 9.17) is 9.47 Å². The third-order valence-corrected chi connectivity index (χ3v) is 3.55. The van der Waals surface area contributed by atoms with Crippen LogP contribution in [0.2, 0.25) is 0 Å². The number of nitro benzene ring substituents is 1. The van der Waals surface area contributed by atoms with Crippen LogP contribution in [0.5, 0.6) is 11.5 Å². The molecule has 0 aromatic heterocycles. The first-order chi connectivity index (χ1) is 12.0. The topological polar surface area (TPSA) is 90.7 Å². The Balaban J connectivity index is 1.95. The van der Waals surface area contributed by atoms with Crippen LogP contribution in [0.1, 0.15) is 22.8 Å². The Hall–Kier alpha value is -3.09. The van der Waals surface area contributed by atoms with Crippen LogP contribution in [0, 0.1) is 10.1 Å². The first-order valence-corrected chi connectivity index (χ1v) is 7.87. The minimum Gasteiger partial charge on any atom is -0.493 e. The van der Waals surface area contributed by atoms with Crippen molar-refractivity contribution in [1.82, 2.24) is 5.32 Å². The van der Waals surface area contributed by atoms with Crippen LogP contribution in [0.25, 0.3) is 0 Å². The fraction of sp³-hybridized carbons (Fsp3) is 0.278. The van der Waals surface area contributed by atoms with E-state index in [1.807, 2.05) is 25.1 Å². The lowest BCUT2D eigenvalue weighted by Gasteiger charge is -2.11. The van der Waals surface area contributed by atoms with E-state index in [0.29, 0.717) is 31.1 Å². The van der Waals surface area contributed by atoms with E-state index in [-0.39, 0.29) is 17.2 Å². The molecule has 2 aromatic rings. The van der Waals surface area contributed by atoms with Crippen LogP contribution in [0.4, 0.5) is 5.69 Å². The number of carbonyl (C=O) groups is 1. The lowest BCUT2D eigenvalue weighted by molar-refractivity contribution is -0.384. The fourth-order valence-electron chi connectivity index (χ4n) is 2.33. The van der Waals surface area contributed by atoms with E-state index < -0.39 is 4.92 Å². The normalized spacial score (nSPS) is 10.2. The first-order valence-electron chi connectivity index (χ1n) is 7.87. The van der Waals surface area contributed by atoms with Gasteiger partial charge in [0.05, 0.1) is 18.6 Å². The molecular formula is C18H20N2O5. The van der Waals surface area contributed by atoms with Crippen LogP contribution >= 0.6 is 0 Å². The number of non-ortho nitro benzene ring substituents is 1. The minimum absolute atomic E-state index is 0.108. The number of methoxy groups -OCH3 is 1. The summed E-state index contributed by atoms with van der Waals surface area (Å²) in [6.45, 7) is 2.85. The molecule has 7 nitrogen and oxygen atoms in total. The van der Waals surface area contributed by atoms with Crippen LogP contribution in [-0.2, 0) is 6.42 Å². The molecule has 2 aromatic carbocycles. The summed E-state index contributed by atoms with van der Waals surface area (Å²) in [7, 11) is 1.58. The molecule has 0 aliphatic carbocycles. The second-order valence-corrected chi connectivity index (χ2v) is 5.23. The van der Waals surface area contributed by atoms with E-state index >= 15 is 0 Å². The molecule has 7 heteroatoms. The van der Waals surface area contributed by atoms with Gasteiger partial charge in [-0.05, 0) is 37.1 Å². The standard InChI is InChI=1S/C18H20N2O5/c1-3-25-16-8-7-13(11-17(16)24-2)9-10-19-18(21)14-5-4-6-15(12-14)20(22)23/h4-8,11-12H,3,9-10H2,1-2H3,(H,19,21). The quantitative estimate of drug-likeness (QED) is 0.587. The molecule has 0 atom stereocenters. The Morgan fingerprint density at radius 3 is 2.68 bits per heavy atom. The van der Waals surface area contributed by atoms with Gasteiger partial charge in [0, 0.05) is 24.2 Å². The predicted molar refractivity (Wildman–Crippen MR) is 93.3 cm³/mol. The van der Waals surface area contributed by atoms with Crippen molar-refractivity contribution < 1.29 is 19.2 Å². The third kappa shape index (κ3) is 4.94. The SMILES string of the molecule is CCOc1ccc(CCNC(=O)c2cccc([N+](=O)[O-])c2)cc1OC. The summed E-state index contributed by atoms with van der Waals surface area (Å²) in [5.41, 5.74) is 1.14. The van der Waals surface area contributed by atoms with E-state index in [1.54, 1.807) is 13.2 Å². The average molecular weight is 344 g/mol. The number of nitrogens with zero attached hydrogens (tertiary/aromatic N) is 1. The Morgan fingerprint density at radius 1 is 1.20 bits per heavy atom. The number of benzene rings is 2. The Kier molecular flexibility index (Phi) is 6.33. The number of hydrogen-bond donors (Lipinski definition) is 1. The molecule has 0 heterocycles. The Bertz CT molecular complexity index is 761. The van der Waals surface area contributed by atoms with Gasteiger partial charge >= 0.3 is 0 Å². The molecule has 0 saturated heterocycles. The van der Waals surface area contributed by atoms with Crippen molar-refractivity contribution >= 4 is 11.6 Å². The highest BCUT2D eigenvalue weighted by Crippen LogP contribution is 2.28. The van der Waals surface area contributed by atoms with Crippen molar-refractivity contribution in [1.29, 1.82) is 0 Å².